The number of nitrogens with zero attached hydrogens (tertiary/aromatic N) is 6. The van der Waals surface area contributed by atoms with Gasteiger partial charge in [-0.25, -0.2) is 9.97 Å². The van der Waals surface area contributed by atoms with Crippen LogP contribution in [0.1, 0.15) is 59.9 Å². The molecule has 7 nitrogen and oxygen atoms in total. The molecule has 0 N–H and O–H groups in total. The highest BCUT2D eigenvalue weighted by Crippen LogP contribution is 2.37. The van der Waals surface area contributed by atoms with Gasteiger partial charge >= 0.3 is 0 Å². The Kier molecular flexibility index (Phi) is 8.15. The largest absolute Gasteiger partial charge is 0.362 e. The molecular formula is C34H39ClN6O. The molecular weight excluding hydrogens is 544 g/mol. The molecule has 2 aromatic carbocycles. The van der Waals surface area contributed by atoms with Crippen molar-refractivity contribution in [3.05, 3.63) is 94.7 Å². The summed E-state index contributed by atoms with van der Waals surface area (Å²) in [6, 6.07) is 19.2. The Morgan fingerprint density at radius 2 is 1.62 bits per heavy atom. The molecule has 0 saturated carbocycles. The third-order valence-electron chi connectivity index (χ3n) is 9.44. The number of fused-ring (bicyclic) bond motifs is 1. The van der Waals surface area contributed by atoms with Crippen LogP contribution in [0.3, 0.4) is 0 Å². The number of carbonyl (C=O) groups excluding carboxylic acids is 1. The normalized spacial score (nSPS) is 17.9. The Bertz CT molecular complexity index is 1540. The van der Waals surface area contributed by atoms with Gasteiger partial charge in [-0.05, 0) is 76.3 Å². The third kappa shape index (κ3) is 5.60. The van der Waals surface area contributed by atoms with Crippen molar-refractivity contribution in [2.75, 3.05) is 31.1 Å². The van der Waals surface area contributed by atoms with E-state index in [1.54, 1.807) is 0 Å². The minimum absolute atomic E-state index is 0.0618. The fourth-order valence-electron chi connectivity index (χ4n) is 6.83. The average molecular weight is 583 g/mol. The number of benzene rings is 2. The number of carbonyl (C=O) groups is 1. The van der Waals surface area contributed by atoms with Crippen molar-refractivity contribution in [1.82, 2.24) is 24.8 Å². The number of hydrogen-bond donors (Lipinski definition) is 0. The first-order chi connectivity index (χ1) is 20.3. The average Bonchev–Trinajstić information content (AvgIpc) is 3.01. The first-order valence-corrected chi connectivity index (χ1v) is 15.4. The van der Waals surface area contributed by atoms with Gasteiger partial charge in [0.25, 0.3) is 5.91 Å². The van der Waals surface area contributed by atoms with Crippen LogP contribution in [0.15, 0.2) is 67.1 Å². The summed E-state index contributed by atoms with van der Waals surface area (Å²) in [5.74, 6) is 0.0618. The van der Waals surface area contributed by atoms with E-state index in [2.05, 4.69) is 69.2 Å². The van der Waals surface area contributed by atoms with Gasteiger partial charge in [-0.3, -0.25) is 14.7 Å². The molecule has 0 radical (unpaired) electrons. The van der Waals surface area contributed by atoms with Crippen LogP contribution >= 0.6 is 11.6 Å². The fraction of sp³-hybridized carbons (Fsp3) is 0.412. The molecule has 0 aliphatic carbocycles. The predicted molar refractivity (Wildman–Crippen MR) is 169 cm³/mol. The van der Waals surface area contributed by atoms with E-state index in [0.717, 1.165) is 91.4 Å². The molecule has 2 aromatic heterocycles. The summed E-state index contributed by atoms with van der Waals surface area (Å²) in [5, 5.41) is 1.73. The number of piperidine rings is 2. The molecule has 0 bridgehead atoms. The number of anilines is 1. The molecule has 1 amide bonds. The third-order valence-corrected chi connectivity index (χ3v) is 9.77. The molecule has 2 saturated heterocycles. The van der Waals surface area contributed by atoms with Crippen LogP contribution in [-0.2, 0) is 6.54 Å². The van der Waals surface area contributed by atoms with E-state index in [-0.39, 0.29) is 11.4 Å². The maximum atomic E-state index is 13.4. The number of hydrogen-bond acceptors (Lipinski definition) is 6. The number of likely N-dealkylation sites (tertiary alicyclic amines) is 2. The van der Waals surface area contributed by atoms with Crippen molar-refractivity contribution in [2.24, 2.45) is 0 Å². The van der Waals surface area contributed by atoms with Crippen LogP contribution in [-0.4, -0.2) is 68.4 Å². The lowest BCUT2D eigenvalue weighted by Crippen LogP contribution is -2.58. The van der Waals surface area contributed by atoms with Gasteiger partial charge in [-0.2, -0.15) is 0 Å². The first-order valence-electron chi connectivity index (χ1n) is 15.0. The van der Waals surface area contributed by atoms with Crippen LogP contribution in [0.2, 0.25) is 5.02 Å². The molecule has 2 fully saturated rings. The topological polar surface area (TPSA) is 65.5 Å². The van der Waals surface area contributed by atoms with Gasteiger partial charge in [0.15, 0.2) is 0 Å². The molecule has 0 spiro atoms. The summed E-state index contributed by atoms with van der Waals surface area (Å²) in [6.07, 6.45) is 7.47. The van der Waals surface area contributed by atoms with Crippen molar-refractivity contribution in [3.8, 4) is 0 Å². The van der Waals surface area contributed by atoms with Crippen LogP contribution in [0.25, 0.3) is 10.9 Å². The summed E-state index contributed by atoms with van der Waals surface area (Å²) in [5.41, 5.74) is 5.64. The Hall–Kier alpha value is -3.55. The van der Waals surface area contributed by atoms with Gasteiger partial charge < -0.3 is 9.80 Å². The second-order valence-electron chi connectivity index (χ2n) is 12.0. The lowest BCUT2D eigenvalue weighted by atomic mass is 9.85. The lowest BCUT2D eigenvalue weighted by molar-refractivity contribution is 0.0170. The summed E-state index contributed by atoms with van der Waals surface area (Å²) >= 11 is 6.58. The van der Waals surface area contributed by atoms with Gasteiger partial charge in [0, 0.05) is 55.9 Å². The fourth-order valence-corrected chi connectivity index (χ4v) is 7.05. The van der Waals surface area contributed by atoms with Gasteiger partial charge in [-0.1, -0.05) is 41.9 Å². The monoisotopic (exact) mass is 582 g/mol. The molecule has 2 aliphatic heterocycles. The summed E-state index contributed by atoms with van der Waals surface area (Å²) < 4.78 is 0. The van der Waals surface area contributed by atoms with E-state index in [9.17, 15) is 4.79 Å². The van der Waals surface area contributed by atoms with Crippen LogP contribution < -0.4 is 4.90 Å². The van der Waals surface area contributed by atoms with Crippen LogP contribution in [0.5, 0.6) is 0 Å². The van der Waals surface area contributed by atoms with Crippen molar-refractivity contribution in [3.63, 3.8) is 0 Å². The zero-order valence-electron chi connectivity index (χ0n) is 24.8. The molecule has 2 aliphatic rings. The maximum absolute atomic E-state index is 13.4. The Morgan fingerprint density at radius 3 is 2.31 bits per heavy atom. The lowest BCUT2D eigenvalue weighted by Gasteiger charge is -2.50. The second kappa shape index (κ2) is 12.0. The van der Waals surface area contributed by atoms with E-state index in [1.165, 1.54) is 11.9 Å². The van der Waals surface area contributed by atoms with Crippen molar-refractivity contribution >= 4 is 34.1 Å². The first kappa shape index (κ1) is 28.6. The van der Waals surface area contributed by atoms with E-state index >= 15 is 0 Å². The zero-order valence-corrected chi connectivity index (χ0v) is 25.5. The minimum Gasteiger partial charge on any atom is -0.362 e. The molecule has 6 rings (SSSR count). The quantitative estimate of drug-likeness (QED) is 0.260. The molecule has 0 atom stereocenters. The molecule has 218 valence electrons. The SMILES string of the molecule is Cc1ncnc(C)c1C(=O)N1CCC(C)(N2CCC(N(Cc3ccccc3)c3ccc(Cl)c4cccnc34)CC2)CC1. The zero-order chi connectivity index (χ0) is 29.3. The van der Waals surface area contributed by atoms with Gasteiger partial charge in [0.2, 0.25) is 0 Å². The summed E-state index contributed by atoms with van der Waals surface area (Å²) in [4.78, 5) is 33.9. The number of aromatic nitrogens is 3. The summed E-state index contributed by atoms with van der Waals surface area (Å²) in [7, 11) is 0. The molecule has 4 heterocycles. The van der Waals surface area contributed by atoms with Crippen LogP contribution in [0.4, 0.5) is 5.69 Å². The van der Waals surface area contributed by atoms with Crippen LogP contribution in [0, 0.1) is 13.8 Å². The smallest absolute Gasteiger partial charge is 0.257 e. The van der Waals surface area contributed by atoms with E-state index in [4.69, 9.17) is 16.6 Å². The molecule has 4 aromatic rings. The highest BCUT2D eigenvalue weighted by molar-refractivity contribution is 6.35. The summed E-state index contributed by atoms with van der Waals surface area (Å²) in [6.45, 7) is 10.6. The molecule has 8 heteroatoms. The number of halogens is 1. The number of rotatable bonds is 6. The van der Waals surface area contributed by atoms with Crippen molar-refractivity contribution < 1.29 is 4.79 Å². The molecule has 42 heavy (non-hydrogen) atoms. The maximum Gasteiger partial charge on any atom is 0.257 e. The number of amides is 1. The predicted octanol–water partition coefficient (Wildman–Crippen LogP) is 6.46. The van der Waals surface area contributed by atoms with Gasteiger partial charge in [0.1, 0.15) is 6.33 Å². The highest BCUT2D eigenvalue weighted by Gasteiger charge is 2.40. The number of pyridine rings is 1. The van der Waals surface area contributed by atoms with E-state index in [0.29, 0.717) is 11.6 Å². The molecule has 0 unspecified atom stereocenters. The highest BCUT2D eigenvalue weighted by atomic mass is 35.5. The van der Waals surface area contributed by atoms with Gasteiger partial charge in [-0.15, -0.1) is 0 Å². The van der Waals surface area contributed by atoms with Crippen molar-refractivity contribution in [1.29, 1.82) is 0 Å². The number of aryl methyl sites for hydroxylation is 2. The van der Waals surface area contributed by atoms with E-state index < -0.39 is 0 Å². The van der Waals surface area contributed by atoms with Crippen molar-refractivity contribution in [2.45, 2.75) is 64.6 Å². The Morgan fingerprint density at radius 1 is 0.929 bits per heavy atom. The van der Waals surface area contributed by atoms with Gasteiger partial charge in [0.05, 0.1) is 33.2 Å². The standard InChI is InChI=1S/C34H39ClN6O/c1-24-31(25(2)38-23-37-24)33(42)39-20-15-34(3,16-21-39)40-18-13-27(14-19-40)41(22-26-8-5-4-6-9-26)30-12-11-29(35)28-10-7-17-36-32(28)30/h4-12,17,23,27H,13-16,18-22H2,1-3H3. The minimum atomic E-state index is 0.0618. The second-order valence-corrected chi connectivity index (χ2v) is 12.4. The Balaban J connectivity index is 1.17. The Labute approximate surface area is 253 Å². The van der Waals surface area contributed by atoms with E-state index in [1.807, 2.05) is 37.1 Å².